The summed E-state index contributed by atoms with van der Waals surface area (Å²) in [7, 11) is 0. The molecule has 1 fully saturated rings. The molecule has 6 heteroatoms. The van der Waals surface area contributed by atoms with Crippen molar-refractivity contribution < 1.29 is 9.59 Å². The van der Waals surface area contributed by atoms with E-state index in [9.17, 15) is 9.59 Å². The zero-order valence-electron chi connectivity index (χ0n) is 6.29. The molecule has 1 heterocycles. The Morgan fingerprint density at radius 1 is 1.33 bits per heavy atom. The Morgan fingerprint density at radius 3 is 2.25 bits per heavy atom. The number of carbonyl (C=O) groups is 2. The van der Waals surface area contributed by atoms with Gasteiger partial charge in [-0.05, 0) is 25.2 Å². The minimum absolute atomic E-state index is 0.0678. The molecule has 1 aliphatic rings. The molecular weight excluding hydrogens is 178 g/mol. The summed E-state index contributed by atoms with van der Waals surface area (Å²) in [5.74, 6) is -1.43. The molecule has 2 amide bonds. The highest BCUT2D eigenvalue weighted by atomic mass is 32.1. The third-order valence-electron chi connectivity index (χ3n) is 1.56. The third-order valence-corrected chi connectivity index (χ3v) is 1.77. The van der Waals surface area contributed by atoms with Crippen molar-refractivity contribution in [2.75, 3.05) is 6.54 Å². The summed E-state index contributed by atoms with van der Waals surface area (Å²) < 4.78 is 0. The maximum Gasteiger partial charge on any atom is 0.238 e. The smallest absolute Gasteiger partial charge is 0.238 e. The number of nitrogens with two attached hydrogens (primary N) is 1. The molecule has 0 radical (unpaired) electrons. The minimum Gasteiger partial charge on any atom is -0.330 e. The Balaban J connectivity index is 2.67. The summed E-state index contributed by atoms with van der Waals surface area (Å²) in [6, 6.07) is 0. The van der Waals surface area contributed by atoms with Gasteiger partial charge in [0.15, 0.2) is 5.11 Å². The molecule has 4 N–H and O–H groups in total. The molecule has 66 valence electrons. The largest absolute Gasteiger partial charge is 0.330 e. The zero-order chi connectivity index (χ0) is 9.14. The molecule has 0 aromatic heterocycles. The molecule has 5 nitrogen and oxygen atoms in total. The van der Waals surface area contributed by atoms with Crippen LogP contribution < -0.4 is 16.4 Å². The average Bonchev–Trinajstić information content (AvgIpc) is 1.96. The van der Waals surface area contributed by atoms with Crippen LogP contribution in [0.25, 0.3) is 0 Å². The summed E-state index contributed by atoms with van der Waals surface area (Å²) >= 11 is 4.60. The molecule has 1 aliphatic heterocycles. The molecule has 0 bridgehead atoms. The van der Waals surface area contributed by atoms with E-state index < -0.39 is 5.92 Å². The van der Waals surface area contributed by atoms with Gasteiger partial charge in [0.1, 0.15) is 5.92 Å². The van der Waals surface area contributed by atoms with Gasteiger partial charge < -0.3 is 16.4 Å². The van der Waals surface area contributed by atoms with E-state index in [0.29, 0.717) is 13.0 Å². The van der Waals surface area contributed by atoms with Crippen LogP contribution in [0.1, 0.15) is 6.42 Å². The summed E-state index contributed by atoms with van der Waals surface area (Å²) in [4.78, 5) is 22.2. The molecule has 0 unspecified atom stereocenters. The molecule has 1 rings (SSSR count). The predicted molar refractivity (Wildman–Crippen MR) is 46.0 cm³/mol. The van der Waals surface area contributed by atoms with Crippen molar-refractivity contribution in [1.29, 1.82) is 0 Å². The predicted octanol–water partition coefficient (Wildman–Crippen LogP) is -1.52. The second kappa shape index (κ2) is 3.59. The highest BCUT2D eigenvalue weighted by Crippen LogP contribution is 2.05. The second-order valence-electron chi connectivity index (χ2n) is 2.44. The lowest BCUT2D eigenvalue weighted by Crippen LogP contribution is -2.55. The van der Waals surface area contributed by atoms with Gasteiger partial charge in [-0.2, -0.15) is 0 Å². The van der Waals surface area contributed by atoms with Crippen molar-refractivity contribution in [3.05, 3.63) is 0 Å². The van der Waals surface area contributed by atoms with Crippen LogP contribution in [0.2, 0.25) is 0 Å². The molecule has 0 spiro atoms. The molecule has 0 atom stereocenters. The average molecular weight is 187 g/mol. The number of amides is 2. The van der Waals surface area contributed by atoms with Crippen molar-refractivity contribution >= 4 is 29.1 Å². The van der Waals surface area contributed by atoms with Crippen molar-refractivity contribution in [2.45, 2.75) is 6.42 Å². The number of carbonyl (C=O) groups excluding carboxylic acids is 2. The van der Waals surface area contributed by atoms with E-state index in [2.05, 4.69) is 22.9 Å². The van der Waals surface area contributed by atoms with Crippen molar-refractivity contribution in [2.24, 2.45) is 11.7 Å². The van der Waals surface area contributed by atoms with Crippen molar-refractivity contribution in [1.82, 2.24) is 10.6 Å². The highest BCUT2D eigenvalue weighted by Gasteiger charge is 2.31. The molecule has 0 saturated carbocycles. The first-order chi connectivity index (χ1) is 5.65. The van der Waals surface area contributed by atoms with Crippen LogP contribution in [-0.4, -0.2) is 23.5 Å². The normalized spacial score (nSPS) is 18.9. The Kier molecular flexibility index (Phi) is 2.72. The Morgan fingerprint density at radius 2 is 1.83 bits per heavy atom. The summed E-state index contributed by atoms with van der Waals surface area (Å²) in [5, 5.41) is 4.77. The monoisotopic (exact) mass is 187 g/mol. The topological polar surface area (TPSA) is 84.2 Å². The zero-order valence-corrected chi connectivity index (χ0v) is 7.11. The van der Waals surface area contributed by atoms with Gasteiger partial charge in [-0.25, -0.2) is 0 Å². The number of hydrogen-bond acceptors (Lipinski definition) is 4. The third kappa shape index (κ3) is 1.77. The van der Waals surface area contributed by atoms with Gasteiger partial charge in [-0.15, -0.1) is 0 Å². The fourth-order valence-corrected chi connectivity index (χ4v) is 1.18. The second-order valence-corrected chi connectivity index (χ2v) is 2.85. The van der Waals surface area contributed by atoms with E-state index in [1.165, 1.54) is 0 Å². The molecule has 0 aromatic rings. The Bertz CT molecular complexity index is 221. The summed E-state index contributed by atoms with van der Waals surface area (Å²) in [5.41, 5.74) is 5.23. The molecule has 12 heavy (non-hydrogen) atoms. The number of rotatable bonds is 2. The van der Waals surface area contributed by atoms with Gasteiger partial charge in [0.25, 0.3) is 0 Å². The fraction of sp³-hybridized carbons (Fsp3) is 0.500. The van der Waals surface area contributed by atoms with Crippen LogP contribution >= 0.6 is 12.2 Å². The van der Waals surface area contributed by atoms with E-state index in [1.54, 1.807) is 0 Å². The maximum atomic E-state index is 11.1. The molecular formula is C6H9N3O2S. The first-order valence-corrected chi connectivity index (χ1v) is 3.91. The van der Waals surface area contributed by atoms with E-state index in [4.69, 9.17) is 5.73 Å². The fourth-order valence-electron chi connectivity index (χ4n) is 0.977. The van der Waals surface area contributed by atoms with Gasteiger partial charge in [-0.1, -0.05) is 0 Å². The lowest BCUT2D eigenvalue weighted by molar-refractivity contribution is -0.135. The van der Waals surface area contributed by atoms with E-state index in [1.807, 2.05) is 0 Å². The van der Waals surface area contributed by atoms with Crippen LogP contribution in [0.4, 0.5) is 0 Å². The number of hydrogen-bond donors (Lipinski definition) is 3. The highest BCUT2D eigenvalue weighted by molar-refractivity contribution is 7.80. The standard InChI is InChI=1S/C6H9N3O2S/c7-2-1-3-4(10)8-6(12)9-5(3)11/h3H,1-2,7H2,(H2,8,9,10,11,12). The van der Waals surface area contributed by atoms with E-state index in [0.717, 1.165) is 0 Å². The van der Waals surface area contributed by atoms with E-state index >= 15 is 0 Å². The Hall–Kier alpha value is -1.01. The Labute approximate surface area is 74.7 Å². The molecule has 1 saturated heterocycles. The van der Waals surface area contributed by atoms with E-state index in [-0.39, 0.29) is 16.9 Å². The maximum absolute atomic E-state index is 11.1. The minimum atomic E-state index is -0.693. The van der Waals surface area contributed by atoms with Crippen molar-refractivity contribution in [3.8, 4) is 0 Å². The van der Waals surface area contributed by atoms with Gasteiger partial charge >= 0.3 is 0 Å². The van der Waals surface area contributed by atoms with Gasteiger partial charge in [0, 0.05) is 0 Å². The lowest BCUT2D eigenvalue weighted by atomic mass is 10.0. The molecule has 0 aliphatic carbocycles. The first kappa shape index (κ1) is 9.08. The summed E-state index contributed by atoms with van der Waals surface area (Å²) in [6.45, 7) is 0.304. The summed E-state index contributed by atoms with van der Waals surface area (Å²) in [6.07, 6.45) is 0.347. The van der Waals surface area contributed by atoms with Crippen LogP contribution in [0.5, 0.6) is 0 Å². The van der Waals surface area contributed by atoms with Crippen LogP contribution in [0, 0.1) is 5.92 Å². The number of nitrogens with one attached hydrogen (secondary N) is 2. The lowest BCUT2D eigenvalue weighted by Gasteiger charge is -2.21. The quantitative estimate of drug-likeness (QED) is 0.362. The van der Waals surface area contributed by atoms with Gasteiger partial charge in [0.05, 0.1) is 0 Å². The SMILES string of the molecule is NCCC1C(=O)NC(=S)NC1=O. The van der Waals surface area contributed by atoms with Crippen LogP contribution in [-0.2, 0) is 9.59 Å². The van der Waals surface area contributed by atoms with Gasteiger partial charge in [0.2, 0.25) is 11.8 Å². The van der Waals surface area contributed by atoms with Gasteiger partial charge in [-0.3, -0.25) is 9.59 Å². The van der Waals surface area contributed by atoms with Crippen LogP contribution in [0.15, 0.2) is 0 Å². The van der Waals surface area contributed by atoms with Crippen molar-refractivity contribution in [3.63, 3.8) is 0 Å². The van der Waals surface area contributed by atoms with Crippen LogP contribution in [0.3, 0.4) is 0 Å². The number of thiocarbonyl (C=S) groups is 1. The molecule has 0 aromatic carbocycles. The first-order valence-electron chi connectivity index (χ1n) is 3.51.